The molecule has 138 valence electrons. The molecule has 1 saturated heterocycles. The molecule has 3 fully saturated rings. The van der Waals surface area contributed by atoms with Crippen LogP contribution in [0.15, 0.2) is 24.3 Å². The zero-order chi connectivity index (χ0) is 18.3. The summed E-state index contributed by atoms with van der Waals surface area (Å²) in [5.41, 5.74) is 0.152. The zero-order valence-electron chi connectivity index (χ0n) is 14.5. The van der Waals surface area contributed by atoms with Gasteiger partial charge in [-0.1, -0.05) is 25.0 Å². The maximum atomic E-state index is 13.3. The molecule has 0 unspecified atom stereocenters. The molecule has 3 aliphatic rings. The molecule has 0 bridgehead atoms. The minimum atomic E-state index is -0.730. The van der Waals surface area contributed by atoms with Crippen LogP contribution in [0.4, 0.5) is 9.18 Å². The van der Waals surface area contributed by atoms with Crippen molar-refractivity contribution in [2.75, 3.05) is 6.54 Å². The second kappa shape index (κ2) is 6.37. The molecular formula is C19H22FN3O3. The van der Waals surface area contributed by atoms with Crippen molar-refractivity contribution < 1.29 is 18.8 Å². The molecule has 1 aromatic rings. The lowest BCUT2D eigenvalue weighted by Gasteiger charge is -2.19. The lowest BCUT2D eigenvalue weighted by atomic mass is 9.98. The SMILES string of the molecule is O=C(CCN1C(=O)NC2(CCCC2)C1=O)N[C@H]1C[C@@H]1c1cccc(F)c1. The van der Waals surface area contributed by atoms with E-state index in [0.717, 1.165) is 24.8 Å². The number of hydrogen-bond acceptors (Lipinski definition) is 3. The van der Waals surface area contributed by atoms with E-state index in [2.05, 4.69) is 10.6 Å². The van der Waals surface area contributed by atoms with Gasteiger partial charge in [-0.05, 0) is 37.0 Å². The predicted octanol–water partition coefficient (Wildman–Crippen LogP) is 2.05. The summed E-state index contributed by atoms with van der Waals surface area (Å²) in [6.07, 6.45) is 4.09. The number of carbonyl (C=O) groups excluding carboxylic acids is 3. The third-order valence-electron chi connectivity index (χ3n) is 5.68. The summed E-state index contributed by atoms with van der Waals surface area (Å²) in [6.45, 7) is 0.0929. The van der Waals surface area contributed by atoms with E-state index in [-0.39, 0.29) is 42.6 Å². The molecule has 6 nitrogen and oxygen atoms in total. The third-order valence-corrected chi connectivity index (χ3v) is 5.68. The number of carbonyl (C=O) groups is 3. The number of urea groups is 1. The summed E-state index contributed by atoms with van der Waals surface area (Å²) in [5.74, 6) is -0.536. The lowest BCUT2D eigenvalue weighted by molar-refractivity contribution is -0.131. The zero-order valence-corrected chi connectivity index (χ0v) is 14.5. The van der Waals surface area contributed by atoms with Crippen LogP contribution in [0.25, 0.3) is 0 Å². The van der Waals surface area contributed by atoms with Gasteiger partial charge in [0, 0.05) is 24.9 Å². The number of benzene rings is 1. The van der Waals surface area contributed by atoms with E-state index in [0.29, 0.717) is 12.8 Å². The Balaban J connectivity index is 1.27. The van der Waals surface area contributed by atoms with Crippen LogP contribution in [0.1, 0.15) is 50.0 Å². The van der Waals surface area contributed by atoms with Crippen LogP contribution in [-0.4, -0.2) is 40.9 Å². The normalized spacial score (nSPS) is 26.3. The Kier molecular flexibility index (Phi) is 4.17. The van der Waals surface area contributed by atoms with Crippen molar-refractivity contribution in [1.82, 2.24) is 15.5 Å². The van der Waals surface area contributed by atoms with Gasteiger partial charge in [0.2, 0.25) is 5.91 Å². The number of hydrogen-bond donors (Lipinski definition) is 2. The summed E-state index contributed by atoms with van der Waals surface area (Å²) in [4.78, 5) is 38.0. The van der Waals surface area contributed by atoms with Gasteiger partial charge in [0.05, 0.1) is 0 Å². The Labute approximate surface area is 151 Å². The van der Waals surface area contributed by atoms with Crippen LogP contribution in [0.2, 0.25) is 0 Å². The van der Waals surface area contributed by atoms with E-state index in [9.17, 15) is 18.8 Å². The van der Waals surface area contributed by atoms with Gasteiger partial charge in [-0.3, -0.25) is 14.5 Å². The van der Waals surface area contributed by atoms with E-state index in [1.54, 1.807) is 6.07 Å². The van der Waals surface area contributed by atoms with E-state index in [4.69, 9.17) is 0 Å². The van der Waals surface area contributed by atoms with Crippen molar-refractivity contribution in [1.29, 1.82) is 0 Å². The van der Waals surface area contributed by atoms with Gasteiger partial charge in [0.15, 0.2) is 0 Å². The molecule has 7 heteroatoms. The molecule has 4 amide bonds. The third kappa shape index (κ3) is 3.06. The van der Waals surface area contributed by atoms with Gasteiger partial charge in [0.25, 0.3) is 5.91 Å². The number of rotatable bonds is 5. The van der Waals surface area contributed by atoms with Gasteiger partial charge < -0.3 is 10.6 Å². The van der Waals surface area contributed by atoms with Crippen molar-refractivity contribution in [3.8, 4) is 0 Å². The summed E-state index contributed by atoms with van der Waals surface area (Å²) in [5, 5.41) is 5.72. The summed E-state index contributed by atoms with van der Waals surface area (Å²) >= 11 is 0. The smallest absolute Gasteiger partial charge is 0.325 e. The fourth-order valence-corrected chi connectivity index (χ4v) is 4.15. The maximum absolute atomic E-state index is 13.3. The average Bonchev–Trinajstić information content (AvgIpc) is 3.12. The van der Waals surface area contributed by atoms with Gasteiger partial charge in [-0.25, -0.2) is 9.18 Å². The topological polar surface area (TPSA) is 78.5 Å². The maximum Gasteiger partial charge on any atom is 0.325 e. The van der Waals surface area contributed by atoms with Crippen LogP contribution >= 0.6 is 0 Å². The van der Waals surface area contributed by atoms with Crippen LogP contribution in [-0.2, 0) is 9.59 Å². The van der Waals surface area contributed by atoms with Gasteiger partial charge in [0.1, 0.15) is 11.4 Å². The van der Waals surface area contributed by atoms with Crippen LogP contribution in [0.5, 0.6) is 0 Å². The van der Waals surface area contributed by atoms with Gasteiger partial charge >= 0.3 is 6.03 Å². The highest BCUT2D eigenvalue weighted by molar-refractivity contribution is 6.07. The Morgan fingerprint density at radius 2 is 2.08 bits per heavy atom. The summed E-state index contributed by atoms with van der Waals surface area (Å²) in [6, 6.07) is 6.01. The van der Waals surface area contributed by atoms with Crippen molar-refractivity contribution in [2.45, 2.75) is 56.0 Å². The van der Waals surface area contributed by atoms with Gasteiger partial charge in [-0.15, -0.1) is 0 Å². The highest BCUT2D eigenvalue weighted by Crippen LogP contribution is 2.41. The molecule has 4 rings (SSSR count). The van der Waals surface area contributed by atoms with Crippen LogP contribution < -0.4 is 10.6 Å². The Bertz CT molecular complexity index is 760. The lowest BCUT2D eigenvalue weighted by Crippen LogP contribution is -2.44. The first-order valence-electron chi connectivity index (χ1n) is 9.17. The molecular weight excluding hydrogens is 337 g/mol. The number of amides is 4. The molecule has 2 saturated carbocycles. The molecule has 1 aromatic carbocycles. The first-order valence-corrected chi connectivity index (χ1v) is 9.17. The van der Waals surface area contributed by atoms with Crippen molar-refractivity contribution in [3.63, 3.8) is 0 Å². The minimum Gasteiger partial charge on any atom is -0.353 e. The second-order valence-corrected chi connectivity index (χ2v) is 7.50. The van der Waals surface area contributed by atoms with E-state index in [1.807, 2.05) is 6.07 Å². The van der Waals surface area contributed by atoms with Crippen molar-refractivity contribution >= 4 is 17.8 Å². The largest absolute Gasteiger partial charge is 0.353 e. The fourth-order valence-electron chi connectivity index (χ4n) is 4.15. The average molecular weight is 359 g/mol. The molecule has 26 heavy (non-hydrogen) atoms. The van der Waals surface area contributed by atoms with E-state index >= 15 is 0 Å². The minimum absolute atomic E-state index is 0.00594. The van der Waals surface area contributed by atoms with E-state index in [1.165, 1.54) is 17.0 Å². The Morgan fingerprint density at radius 1 is 1.31 bits per heavy atom. The first kappa shape index (κ1) is 17.0. The quantitative estimate of drug-likeness (QED) is 0.790. The Morgan fingerprint density at radius 3 is 2.81 bits per heavy atom. The number of halogens is 1. The standard InChI is InChI=1S/C19H22FN3O3/c20-13-5-3-4-12(10-13)14-11-15(14)21-16(24)6-9-23-17(25)19(22-18(23)26)7-1-2-8-19/h3-5,10,14-15H,1-2,6-9,11H2,(H,21,24)(H,22,26)/t14-,15+/m1/s1. The number of imide groups is 1. The molecule has 2 atom stereocenters. The molecule has 2 aliphatic carbocycles. The van der Waals surface area contributed by atoms with Crippen LogP contribution in [0.3, 0.4) is 0 Å². The molecule has 0 aromatic heterocycles. The molecule has 2 N–H and O–H groups in total. The van der Waals surface area contributed by atoms with Gasteiger partial charge in [-0.2, -0.15) is 0 Å². The molecule has 1 spiro atoms. The van der Waals surface area contributed by atoms with Crippen molar-refractivity contribution in [3.05, 3.63) is 35.6 Å². The highest BCUT2D eigenvalue weighted by Gasteiger charge is 2.52. The summed E-state index contributed by atoms with van der Waals surface area (Å²) in [7, 11) is 0. The highest BCUT2D eigenvalue weighted by atomic mass is 19.1. The van der Waals surface area contributed by atoms with Crippen LogP contribution in [0, 0.1) is 5.82 Å². The monoisotopic (exact) mass is 359 g/mol. The molecule has 1 aliphatic heterocycles. The van der Waals surface area contributed by atoms with E-state index < -0.39 is 11.6 Å². The molecule has 0 radical (unpaired) electrons. The fraction of sp³-hybridized carbons (Fsp3) is 0.526. The summed E-state index contributed by atoms with van der Waals surface area (Å²) < 4.78 is 13.3. The number of nitrogens with zero attached hydrogens (tertiary/aromatic N) is 1. The predicted molar refractivity (Wildman–Crippen MR) is 91.7 cm³/mol. The second-order valence-electron chi connectivity index (χ2n) is 7.50. The Hall–Kier alpha value is -2.44. The number of nitrogens with one attached hydrogen (secondary N) is 2. The molecule has 1 heterocycles. The van der Waals surface area contributed by atoms with Crippen molar-refractivity contribution in [2.24, 2.45) is 0 Å². The first-order chi connectivity index (χ1) is 12.5.